The van der Waals surface area contributed by atoms with Gasteiger partial charge in [0.05, 0.1) is 12.3 Å². The molecule has 0 saturated heterocycles. The minimum absolute atomic E-state index is 0.258. The molecule has 0 fully saturated rings. The summed E-state index contributed by atoms with van der Waals surface area (Å²) in [6, 6.07) is 19.5. The number of benzene rings is 2. The molecule has 1 aromatic heterocycles. The van der Waals surface area contributed by atoms with E-state index in [0.717, 1.165) is 16.9 Å². The van der Waals surface area contributed by atoms with Crippen molar-refractivity contribution in [2.45, 2.75) is 20.3 Å². The first-order valence-electron chi connectivity index (χ1n) is 8.32. The molecular formula is C20H20N2O3. The van der Waals surface area contributed by atoms with Crippen molar-refractivity contribution in [3.8, 4) is 22.7 Å². The van der Waals surface area contributed by atoms with E-state index in [1.54, 1.807) is 6.92 Å². The summed E-state index contributed by atoms with van der Waals surface area (Å²) in [6.45, 7) is 3.98. The second-order valence-electron chi connectivity index (χ2n) is 5.38. The number of aromatic nitrogens is 2. The Bertz CT molecular complexity index is 842. The molecule has 0 N–H and O–H groups in total. The molecule has 5 nitrogen and oxygen atoms in total. The quantitative estimate of drug-likeness (QED) is 0.637. The first-order valence-corrected chi connectivity index (χ1v) is 8.32. The molecule has 0 atom stereocenters. The van der Waals surface area contributed by atoms with Crippen molar-refractivity contribution >= 4 is 6.16 Å². The van der Waals surface area contributed by atoms with Crippen LogP contribution in [0.1, 0.15) is 19.5 Å². The molecule has 0 amide bonds. The minimum Gasteiger partial charge on any atom is -0.434 e. The highest BCUT2D eigenvalue weighted by atomic mass is 16.7. The van der Waals surface area contributed by atoms with Crippen LogP contribution in [0.15, 0.2) is 60.7 Å². The van der Waals surface area contributed by atoms with Crippen molar-refractivity contribution in [1.29, 1.82) is 0 Å². The number of hydrogen-bond acceptors (Lipinski definition) is 4. The minimum atomic E-state index is -0.720. The van der Waals surface area contributed by atoms with Crippen LogP contribution >= 0.6 is 0 Å². The highest BCUT2D eigenvalue weighted by Gasteiger charge is 2.23. The van der Waals surface area contributed by atoms with Gasteiger partial charge in [0.2, 0.25) is 0 Å². The highest BCUT2D eigenvalue weighted by Crippen LogP contribution is 2.36. The maximum Gasteiger partial charge on any atom is 0.513 e. The Morgan fingerprint density at radius 3 is 2.24 bits per heavy atom. The fourth-order valence-corrected chi connectivity index (χ4v) is 2.62. The molecule has 0 aliphatic heterocycles. The van der Waals surface area contributed by atoms with E-state index in [0.29, 0.717) is 17.9 Å². The summed E-state index contributed by atoms with van der Waals surface area (Å²) in [5.41, 5.74) is 3.25. The second-order valence-corrected chi connectivity index (χ2v) is 5.38. The van der Waals surface area contributed by atoms with E-state index >= 15 is 0 Å². The van der Waals surface area contributed by atoms with E-state index in [2.05, 4.69) is 5.10 Å². The fraction of sp³-hybridized carbons (Fsp3) is 0.200. The molecule has 0 unspecified atom stereocenters. The topological polar surface area (TPSA) is 53.4 Å². The molecule has 25 heavy (non-hydrogen) atoms. The Morgan fingerprint density at radius 2 is 1.64 bits per heavy atom. The van der Waals surface area contributed by atoms with Crippen LogP contribution in [0.4, 0.5) is 4.79 Å². The fourth-order valence-electron chi connectivity index (χ4n) is 2.62. The van der Waals surface area contributed by atoms with Gasteiger partial charge in [0.1, 0.15) is 11.4 Å². The van der Waals surface area contributed by atoms with Gasteiger partial charge in [0.25, 0.3) is 0 Å². The number of hydrogen-bond donors (Lipinski definition) is 0. The van der Waals surface area contributed by atoms with Crippen LogP contribution < -0.4 is 4.74 Å². The average molecular weight is 336 g/mol. The van der Waals surface area contributed by atoms with Gasteiger partial charge in [0.15, 0.2) is 5.75 Å². The number of carbonyl (C=O) groups excluding carboxylic acids is 1. The largest absolute Gasteiger partial charge is 0.513 e. The molecule has 5 heteroatoms. The summed E-state index contributed by atoms with van der Waals surface area (Å²) in [5.74, 6) is 0.441. The lowest BCUT2D eigenvalue weighted by atomic mass is 10.1. The number of rotatable bonds is 5. The third kappa shape index (κ3) is 3.55. The van der Waals surface area contributed by atoms with Crippen LogP contribution in [0, 0.1) is 0 Å². The van der Waals surface area contributed by atoms with Crippen LogP contribution in [0.2, 0.25) is 0 Å². The predicted octanol–water partition coefficient (Wildman–Crippen LogP) is 4.64. The maximum atomic E-state index is 11.9. The lowest BCUT2D eigenvalue weighted by molar-refractivity contribution is 0.104. The standard InChI is InChI=1S/C20H20N2O3/c1-3-17-19(25-20(23)24-4-2)18(15-11-7-5-8-12-15)22(21-17)16-13-9-6-10-14-16/h5-14H,3-4H2,1-2H3. The molecule has 2 aromatic carbocycles. The van der Waals surface area contributed by atoms with E-state index in [9.17, 15) is 4.79 Å². The third-order valence-corrected chi connectivity index (χ3v) is 3.74. The Labute approximate surface area is 146 Å². The molecule has 3 aromatic rings. The molecule has 0 radical (unpaired) electrons. The summed E-state index contributed by atoms with van der Waals surface area (Å²) in [6.07, 6.45) is -0.0870. The van der Waals surface area contributed by atoms with Crippen molar-refractivity contribution in [3.63, 3.8) is 0 Å². The average Bonchev–Trinajstić information content (AvgIpc) is 3.01. The van der Waals surface area contributed by atoms with Crippen LogP contribution in [0.5, 0.6) is 5.75 Å². The Hall–Kier alpha value is -3.08. The zero-order valence-electron chi connectivity index (χ0n) is 14.3. The summed E-state index contributed by atoms with van der Waals surface area (Å²) < 4.78 is 12.3. The van der Waals surface area contributed by atoms with E-state index in [1.165, 1.54) is 0 Å². The Kier molecular flexibility index (Phi) is 5.14. The van der Waals surface area contributed by atoms with E-state index in [-0.39, 0.29) is 6.61 Å². The van der Waals surface area contributed by atoms with Gasteiger partial charge in [0, 0.05) is 5.56 Å². The van der Waals surface area contributed by atoms with Gasteiger partial charge in [-0.1, -0.05) is 55.5 Å². The lowest BCUT2D eigenvalue weighted by Crippen LogP contribution is -2.11. The molecule has 0 saturated carbocycles. The summed E-state index contributed by atoms with van der Waals surface area (Å²) >= 11 is 0. The number of nitrogens with zero attached hydrogens (tertiary/aromatic N) is 2. The van der Waals surface area contributed by atoms with E-state index < -0.39 is 6.16 Å². The third-order valence-electron chi connectivity index (χ3n) is 3.74. The predicted molar refractivity (Wildman–Crippen MR) is 96.0 cm³/mol. The first-order chi connectivity index (χ1) is 12.2. The first kappa shape index (κ1) is 16.8. The summed E-state index contributed by atoms with van der Waals surface area (Å²) in [5, 5.41) is 4.67. The molecule has 1 heterocycles. The normalized spacial score (nSPS) is 10.5. The number of ether oxygens (including phenoxy) is 2. The van der Waals surface area contributed by atoms with Gasteiger partial charge >= 0.3 is 6.16 Å². The monoisotopic (exact) mass is 336 g/mol. The van der Waals surface area contributed by atoms with Gasteiger partial charge in [-0.25, -0.2) is 9.48 Å². The molecular weight excluding hydrogens is 316 g/mol. The number of para-hydroxylation sites is 1. The zero-order valence-corrected chi connectivity index (χ0v) is 14.3. The van der Waals surface area contributed by atoms with Crippen LogP contribution in [-0.2, 0) is 11.2 Å². The Morgan fingerprint density at radius 1 is 1.00 bits per heavy atom. The van der Waals surface area contributed by atoms with Gasteiger partial charge < -0.3 is 9.47 Å². The van der Waals surface area contributed by atoms with Crippen molar-refractivity contribution in [2.24, 2.45) is 0 Å². The van der Waals surface area contributed by atoms with E-state index in [4.69, 9.17) is 9.47 Å². The number of aryl methyl sites for hydroxylation is 1. The van der Waals surface area contributed by atoms with Crippen molar-refractivity contribution in [2.75, 3.05) is 6.61 Å². The van der Waals surface area contributed by atoms with Crippen LogP contribution in [0.25, 0.3) is 16.9 Å². The molecule has 0 aliphatic rings. The van der Waals surface area contributed by atoms with Crippen LogP contribution in [-0.4, -0.2) is 22.5 Å². The summed E-state index contributed by atoms with van der Waals surface area (Å²) in [4.78, 5) is 11.9. The van der Waals surface area contributed by atoms with Gasteiger partial charge in [-0.15, -0.1) is 0 Å². The maximum absolute atomic E-state index is 11.9. The lowest BCUT2D eigenvalue weighted by Gasteiger charge is -2.10. The number of carbonyl (C=O) groups is 1. The Balaban J connectivity index is 2.19. The second kappa shape index (κ2) is 7.66. The van der Waals surface area contributed by atoms with Crippen molar-refractivity contribution in [1.82, 2.24) is 9.78 Å². The highest BCUT2D eigenvalue weighted by molar-refractivity contribution is 5.75. The molecule has 0 aliphatic carbocycles. The van der Waals surface area contributed by atoms with Gasteiger partial charge in [-0.05, 0) is 25.5 Å². The van der Waals surface area contributed by atoms with Crippen molar-refractivity contribution in [3.05, 3.63) is 66.4 Å². The zero-order chi connectivity index (χ0) is 17.6. The van der Waals surface area contributed by atoms with Crippen LogP contribution in [0.3, 0.4) is 0 Å². The molecule has 0 spiro atoms. The van der Waals surface area contributed by atoms with Gasteiger partial charge in [-0.3, -0.25) is 0 Å². The van der Waals surface area contributed by atoms with Crippen molar-refractivity contribution < 1.29 is 14.3 Å². The smallest absolute Gasteiger partial charge is 0.434 e. The van der Waals surface area contributed by atoms with Gasteiger partial charge in [-0.2, -0.15) is 5.10 Å². The molecule has 3 rings (SSSR count). The summed E-state index contributed by atoms with van der Waals surface area (Å²) in [7, 11) is 0. The van der Waals surface area contributed by atoms with E-state index in [1.807, 2.05) is 72.3 Å². The molecule has 128 valence electrons. The SMILES string of the molecule is CCOC(=O)Oc1c(CC)nn(-c2ccccc2)c1-c1ccccc1. The molecule has 0 bridgehead atoms.